The fraction of sp³-hybridized carbons (Fsp3) is 0.294. The first-order valence-corrected chi connectivity index (χ1v) is 13.6. The van der Waals surface area contributed by atoms with E-state index >= 15 is 0 Å². The molecule has 5 rings (SSSR count). The van der Waals surface area contributed by atoms with Crippen molar-refractivity contribution in [1.82, 2.24) is 9.78 Å². The molecule has 0 fully saturated rings. The Labute approximate surface area is 232 Å². The lowest BCUT2D eigenvalue weighted by Crippen LogP contribution is -2.42. The summed E-state index contributed by atoms with van der Waals surface area (Å²) in [6.45, 7) is 6.86. The molecule has 0 spiro atoms. The Morgan fingerprint density at radius 3 is 2.33 bits per heavy atom. The van der Waals surface area contributed by atoms with E-state index in [9.17, 15) is 4.79 Å². The lowest BCUT2D eigenvalue weighted by atomic mass is 9.83. The molecular weight excluding hydrogens is 482 g/mol. The number of anilines is 1. The predicted octanol–water partition coefficient (Wildman–Crippen LogP) is 6.65. The lowest BCUT2D eigenvalue weighted by molar-refractivity contribution is -0.104. The van der Waals surface area contributed by atoms with Gasteiger partial charge in [0.2, 0.25) is 0 Å². The number of fused-ring (bicyclic) bond motifs is 1. The van der Waals surface area contributed by atoms with Gasteiger partial charge in [0.1, 0.15) is 6.29 Å². The van der Waals surface area contributed by atoms with Gasteiger partial charge in [0, 0.05) is 37.6 Å². The third-order valence-corrected chi connectivity index (χ3v) is 7.24. The summed E-state index contributed by atoms with van der Waals surface area (Å²) >= 11 is 0. The number of carbonyl (C=O) groups is 1. The minimum Gasteiger partial charge on any atom is -0.400 e. The molecule has 0 saturated carbocycles. The Hall–Kier alpha value is -3.96. The van der Waals surface area contributed by atoms with E-state index in [0.717, 1.165) is 37.4 Å². The second kappa shape index (κ2) is 12.7. The Bertz CT molecular complexity index is 1400. The van der Waals surface area contributed by atoms with E-state index in [4.69, 9.17) is 5.11 Å². The summed E-state index contributed by atoms with van der Waals surface area (Å²) < 4.78 is 1.85. The van der Waals surface area contributed by atoms with Crippen LogP contribution in [0.1, 0.15) is 54.6 Å². The van der Waals surface area contributed by atoms with Gasteiger partial charge in [-0.05, 0) is 77.3 Å². The van der Waals surface area contributed by atoms with Gasteiger partial charge in [0.05, 0.1) is 12.2 Å². The summed E-state index contributed by atoms with van der Waals surface area (Å²) in [6.07, 6.45) is 10.3. The molecule has 1 aromatic heterocycles. The van der Waals surface area contributed by atoms with E-state index in [0.29, 0.717) is 12.0 Å². The number of aryl methyl sites for hydroxylation is 1. The molecule has 0 bridgehead atoms. The first-order chi connectivity index (χ1) is 18.9. The maximum Gasteiger partial charge on any atom is 0.142 e. The highest BCUT2D eigenvalue weighted by molar-refractivity contribution is 5.74. The molecule has 5 heteroatoms. The number of benzene rings is 3. The largest absolute Gasteiger partial charge is 0.400 e. The van der Waals surface area contributed by atoms with Crippen molar-refractivity contribution in [3.8, 4) is 11.1 Å². The summed E-state index contributed by atoms with van der Waals surface area (Å²) in [5, 5.41) is 11.4. The molecule has 1 aliphatic rings. The highest BCUT2D eigenvalue weighted by atomic mass is 16.2. The number of rotatable bonds is 7. The van der Waals surface area contributed by atoms with Crippen LogP contribution in [0.5, 0.6) is 0 Å². The zero-order valence-corrected chi connectivity index (χ0v) is 23.6. The topological polar surface area (TPSA) is 58.4 Å². The van der Waals surface area contributed by atoms with Crippen molar-refractivity contribution in [1.29, 1.82) is 0 Å². The average Bonchev–Trinajstić information content (AvgIpc) is 3.39. The molecule has 39 heavy (non-hydrogen) atoms. The molecule has 2 heterocycles. The Kier molecular flexibility index (Phi) is 9.15. The fourth-order valence-corrected chi connectivity index (χ4v) is 5.58. The van der Waals surface area contributed by atoms with E-state index < -0.39 is 0 Å². The second-order valence-corrected chi connectivity index (χ2v) is 10.6. The molecule has 0 aliphatic carbocycles. The smallest absolute Gasteiger partial charge is 0.142 e. The van der Waals surface area contributed by atoms with Crippen molar-refractivity contribution in [2.75, 3.05) is 12.0 Å². The Balaban J connectivity index is 0.00000172. The summed E-state index contributed by atoms with van der Waals surface area (Å²) in [5.41, 5.74) is 9.98. The van der Waals surface area contributed by atoms with Gasteiger partial charge in [-0.25, -0.2) is 0 Å². The predicted molar refractivity (Wildman–Crippen MR) is 161 cm³/mol. The van der Waals surface area contributed by atoms with Gasteiger partial charge >= 0.3 is 0 Å². The number of hydrogen-bond donors (Lipinski definition) is 1. The molecule has 5 nitrogen and oxygen atoms in total. The van der Waals surface area contributed by atoms with Crippen LogP contribution < -0.4 is 4.90 Å². The van der Waals surface area contributed by atoms with Crippen molar-refractivity contribution in [2.24, 2.45) is 13.0 Å². The highest BCUT2D eigenvalue weighted by Gasteiger charge is 2.33. The van der Waals surface area contributed by atoms with Crippen molar-refractivity contribution in [3.05, 3.63) is 113 Å². The van der Waals surface area contributed by atoms with Gasteiger partial charge in [0.25, 0.3) is 0 Å². The first-order valence-electron chi connectivity index (χ1n) is 13.6. The van der Waals surface area contributed by atoms with Gasteiger partial charge in [0.15, 0.2) is 0 Å². The Morgan fingerprint density at radius 2 is 1.72 bits per heavy atom. The van der Waals surface area contributed by atoms with E-state index in [2.05, 4.69) is 104 Å². The van der Waals surface area contributed by atoms with Crippen LogP contribution in [0.4, 0.5) is 5.69 Å². The van der Waals surface area contributed by atoms with E-state index in [1.54, 1.807) is 0 Å². The summed E-state index contributed by atoms with van der Waals surface area (Å²) in [7, 11) is 2.96. The molecule has 0 amide bonds. The quantitative estimate of drug-likeness (QED) is 0.219. The fourth-order valence-electron chi connectivity index (χ4n) is 5.58. The average molecular weight is 522 g/mol. The number of hydrogen-bond acceptors (Lipinski definition) is 4. The van der Waals surface area contributed by atoms with Crippen LogP contribution in [0.2, 0.25) is 0 Å². The van der Waals surface area contributed by atoms with Gasteiger partial charge in [-0.3, -0.25) is 9.48 Å². The van der Waals surface area contributed by atoms with E-state index in [-0.39, 0.29) is 6.04 Å². The minimum atomic E-state index is 0.0988. The molecule has 0 saturated heterocycles. The van der Waals surface area contributed by atoms with Gasteiger partial charge < -0.3 is 10.0 Å². The maximum absolute atomic E-state index is 10.8. The molecule has 202 valence electrons. The number of carbonyl (C=O) groups excluding carboxylic acids is 1. The summed E-state index contributed by atoms with van der Waals surface area (Å²) in [5.74, 6) is 0.639. The van der Waals surface area contributed by atoms with E-state index in [1.807, 2.05) is 24.0 Å². The van der Waals surface area contributed by atoms with Gasteiger partial charge in [-0.15, -0.1) is 0 Å². The molecule has 3 aromatic carbocycles. The monoisotopic (exact) mass is 521 g/mol. The number of aldehydes is 1. The normalized spacial score (nSPS) is 16.6. The van der Waals surface area contributed by atoms with Crippen LogP contribution in [0.25, 0.3) is 17.2 Å². The molecule has 0 radical (unpaired) electrons. The third-order valence-electron chi connectivity index (χ3n) is 7.24. The molecule has 2 unspecified atom stereocenters. The minimum absolute atomic E-state index is 0.0988. The molecule has 1 aliphatic heterocycles. The number of aliphatic hydroxyl groups is 1. The SMILES string of the molecule is CC(C)Cc1ccc(N2C(C)Cc3cc(-c4cnn(C)c4)ccc3C2c2ccc(/C=C/C=O)cc2)cc1.CO. The van der Waals surface area contributed by atoms with Crippen molar-refractivity contribution in [2.45, 2.75) is 45.7 Å². The second-order valence-electron chi connectivity index (χ2n) is 10.6. The van der Waals surface area contributed by atoms with Crippen molar-refractivity contribution in [3.63, 3.8) is 0 Å². The molecule has 4 aromatic rings. The lowest BCUT2D eigenvalue weighted by Gasteiger charge is -2.44. The number of aromatic nitrogens is 2. The molecule has 1 N–H and O–H groups in total. The van der Waals surface area contributed by atoms with Crippen molar-refractivity contribution < 1.29 is 9.90 Å². The zero-order valence-electron chi connectivity index (χ0n) is 23.6. The summed E-state index contributed by atoms with van der Waals surface area (Å²) in [4.78, 5) is 13.4. The van der Waals surface area contributed by atoms with Gasteiger partial charge in [-0.2, -0.15) is 5.10 Å². The summed E-state index contributed by atoms with van der Waals surface area (Å²) in [6, 6.07) is 25.0. The number of allylic oxidation sites excluding steroid dienone is 1. The number of aliphatic hydroxyl groups excluding tert-OH is 1. The molecule has 2 atom stereocenters. The standard InChI is InChI=1S/C33H35N3O.CH4O/c1-23(2)18-26-9-14-31(15-10-26)36-24(3)19-29-20-28(30-21-34-35(4)22-30)13-16-32(29)33(36)27-11-7-25(8-12-27)6-5-17-37;1-2/h5-17,20-24,33H,18-19H2,1-4H3;2H,1H3/b6-5+;. The van der Waals surface area contributed by atoms with Crippen LogP contribution in [0, 0.1) is 5.92 Å². The maximum atomic E-state index is 10.8. The highest BCUT2D eigenvalue weighted by Crippen LogP contribution is 2.42. The van der Waals surface area contributed by atoms with Crippen LogP contribution in [0.15, 0.2) is 85.2 Å². The molecular formula is C34H39N3O2. The third kappa shape index (κ3) is 6.37. The van der Waals surface area contributed by atoms with Crippen molar-refractivity contribution >= 4 is 18.0 Å². The van der Waals surface area contributed by atoms with Crippen LogP contribution in [-0.4, -0.2) is 34.3 Å². The van der Waals surface area contributed by atoms with Crippen LogP contribution in [0.3, 0.4) is 0 Å². The van der Waals surface area contributed by atoms with Gasteiger partial charge in [-0.1, -0.05) is 74.5 Å². The first kappa shape index (κ1) is 28.1. The Morgan fingerprint density at radius 1 is 1.00 bits per heavy atom. The van der Waals surface area contributed by atoms with E-state index in [1.165, 1.54) is 39.6 Å². The van der Waals surface area contributed by atoms with Crippen LogP contribution >= 0.6 is 0 Å². The van der Waals surface area contributed by atoms with Crippen LogP contribution in [-0.2, 0) is 24.7 Å². The zero-order chi connectivity index (χ0) is 27.9. The number of nitrogens with zero attached hydrogens (tertiary/aromatic N) is 3.